The molecule has 26 heavy (non-hydrogen) atoms. The van der Waals surface area contributed by atoms with Gasteiger partial charge in [0, 0.05) is 23.1 Å². The molecule has 0 radical (unpaired) electrons. The van der Waals surface area contributed by atoms with Gasteiger partial charge in [-0.25, -0.2) is 14.5 Å². The van der Waals surface area contributed by atoms with Crippen molar-refractivity contribution in [3.8, 4) is 0 Å². The summed E-state index contributed by atoms with van der Waals surface area (Å²) in [7, 11) is 0. The molecule has 0 fully saturated rings. The van der Waals surface area contributed by atoms with Crippen LogP contribution in [0.4, 0.5) is 19.0 Å². The number of halogens is 3. The first-order chi connectivity index (χ1) is 12.1. The van der Waals surface area contributed by atoms with Crippen molar-refractivity contribution in [1.82, 2.24) is 24.6 Å². The Morgan fingerprint density at radius 3 is 2.62 bits per heavy atom. The molecule has 0 aliphatic heterocycles. The largest absolute Gasteiger partial charge is 0.453 e. The number of nitrogens with one attached hydrogen (secondary N) is 1. The number of aromatic nitrogens is 5. The lowest BCUT2D eigenvalue weighted by Gasteiger charge is -2.10. The molecule has 0 spiro atoms. The molecular weight excluding hydrogens is 349 g/mol. The lowest BCUT2D eigenvalue weighted by atomic mass is 10.1. The Morgan fingerprint density at radius 2 is 1.96 bits per heavy atom. The Bertz CT molecular complexity index is 996. The Kier molecular flexibility index (Phi) is 4.34. The van der Waals surface area contributed by atoms with Gasteiger partial charge in [0.25, 0.3) is 11.6 Å². The van der Waals surface area contributed by atoms with E-state index >= 15 is 0 Å². The monoisotopic (exact) mass is 364 g/mol. The van der Waals surface area contributed by atoms with Crippen LogP contribution < -0.4 is 5.32 Å². The highest BCUT2D eigenvalue weighted by atomic mass is 19.4. The molecule has 10 heteroatoms. The smallest absolute Gasteiger partial charge is 0.310 e. The molecule has 1 amide bonds. The van der Waals surface area contributed by atoms with Crippen molar-refractivity contribution in [2.24, 2.45) is 0 Å². The molecule has 0 atom stereocenters. The Hall–Kier alpha value is -3.04. The molecule has 0 aromatic carbocycles. The van der Waals surface area contributed by atoms with E-state index in [2.05, 4.69) is 25.4 Å². The molecule has 0 saturated heterocycles. The maximum atomic E-state index is 12.8. The van der Waals surface area contributed by atoms with Gasteiger partial charge < -0.3 is 5.32 Å². The van der Waals surface area contributed by atoms with Crippen molar-refractivity contribution in [2.75, 3.05) is 5.32 Å². The zero-order chi connectivity index (χ0) is 19.1. The summed E-state index contributed by atoms with van der Waals surface area (Å²) in [6.45, 7) is 5.05. The van der Waals surface area contributed by atoms with Crippen LogP contribution in [-0.2, 0) is 17.4 Å². The Morgan fingerprint density at radius 1 is 1.23 bits per heavy atom. The number of carbonyl (C=O) groups excluding carboxylic acids is 1. The van der Waals surface area contributed by atoms with Gasteiger partial charge in [-0.15, -0.1) is 5.10 Å². The number of hydrogen-bond donors (Lipinski definition) is 1. The summed E-state index contributed by atoms with van der Waals surface area (Å²) in [5, 5.41) is 6.12. The van der Waals surface area contributed by atoms with Gasteiger partial charge in [-0.1, -0.05) is 0 Å². The average Bonchev–Trinajstić information content (AvgIpc) is 2.96. The average molecular weight is 364 g/mol. The molecule has 0 unspecified atom stereocenters. The van der Waals surface area contributed by atoms with Gasteiger partial charge in [-0.3, -0.25) is 4.79 Å². The van der Waals surface area contributed by atoms with Crippen LogP contribution in [0.15, 0.2) is 18.3 Å². The number of carbonyl (C=O) groups is 1. The van der Waals surface area contributed by atoms with Crippen LogP contribution in [0.1, 0.15) is 28.3 Å². The van der Waals surface area contributed by atoms with Gasteiger partial charge in [-0.05, 0) is 38.5 Å². The SMILES string of the molecule is Cc1ccnc(NC(=O)Cc2c(C)nc3nc(C(F)(F)F)nn3c2C)c1. The van der Waals surface area contributed by atoms with Crippen LogP contribution >= 0.6 is 0 Å². The second-order valence-corrected chi connectivity index (χ2v) is 5.85. The normalized spacial score (nSPS) is 11.8. The topological polar surface area (TPSA) is 85.1 Å². The third-order valence-corrected chi connectivity index (χ3v) is 3.82. The summed E-state index contributed by atoms with van der Waals surface area (Å²) < 4.78 is 39.4. The molecule has 136 valence electrons. The molecule has 7 nitrogen and oxygen atoms in total. The molecule has 3 rings (SSSR count). The van der Waals surface area contributed by atoms with Crippen molar-refractivity contribution in [3.05, 3.63) is 46.7 Å². The van der Waals surface area contributed by atoms with Gasteiger partial charge in [0.05, 0.1) is 6.42 Å². The highest BCUT2D eigenvalue weighted by Gasteiger charge is 2.37. The summed E-state index contributed by atoms with van der Waals surface area (Å²) in [4.78, 5) is 23.8. The summed E-state index contributed by atoms with van der Waals surface area (Å²) in [5.74, 6) is -1.37. The minimum Gasteiger partial charge on any atom is -0.310 e. The summed E-state index contributed by atoms with van der Waals surface area (Å²) in [6.07, 6.45) is -3.16. The number of hydrogen-bond acceptors (Lipinski definition) is 5. The predicted octanol–water partition coefficient (Wildman–Crippen LogP) is 2.64. The quantitative estimate of drug-likeness (QED) is 0.772. The molecule has 0 aliphatic rings. The van der Waals surface area contributed by atoms with E-state index in [1.807, 2.05) is 6.92 Å². The van der Waals surface area contributed by atoms with Crippen LogP contribution in [0.3, 0.4) is 0 Å². The molecular formula is C16H15F3N6O. The van der Waals surface area contributed by atoms with E-state index in [4.69, 9.17) is 0 Å². The van der Waals surface area contributed by atoms with Crippen LogP contribution in [-0.4, -0.2) is 30.5 Å². The highest BCUT2D eigenvalue weighted by Crippen LogP contribution is 2.27. The second-order valence-electron chi connectivity index (χ2n) is 5.85. The van der Waals surface area contributed by atoms with Gasteiger partial charge in [0.2, 0.25) is 5.91 Å². The van der Waals surface area contributed by atoms with Gasteiger partial charge in [0.15, 0.2) is 0 Å². The van der Waals surface area contributed by atoms with Crippen molar-refractivity contribution in [1.29, 1.82) is 0 Å². The third-order valence-electron chi connectivity index (χ3n) is 3.82. The molecule has 0 saturated carbocycles. The fraction of sp³-hybridized carbons (Fsp3) is 0.312. The van der Waals surface area contributed by atoms with Crippen LogP contribution in [0.5, 0.6) is 0 Å². The molecule has 3 aromatic heterocycles. The first-order valence-electron chi connectivity index (χ1n) is 7.67. The molecule has 3 aromatic rings. The van der Waals surface area contributed by atoms with Crippen LogP contribution in [0.25, 0.3) is 5.78 Å². The van der Waals surface area contributed by atoms with Crippen molar-refractivity contribution < 1.29 is 18.0 Å². The van der Waals surface area contributed by atoms with Crippen LogP contribution in [0.2, 0.25) is 0 Å². The molecule has 0 aliphatic carbocycles. The number of anilines is 1. The summed E-state index contributed by atoms with van der Waals surface area (Å²) in [6, 6.07) is 3.51. The number of rotatable bonds is 3. The number of nitrogens with zero attached hydrogens (tertiary/aromatic N) is 5. The zero-order valence-corrected chi connectivity index (χ0v) is 14.2. The number of fused-ring (bicyclic) bond motifs is 1. The fourth-order valence-electron chi connectivity index (χ4n) is 2.54. The zero-order valence-electron chi connectivity index (χ0n) is 14.2. The van der Waals surface area contributed by atoms with E-state index in [9.17, 15) is 18.0 Å². The van der Waals surface area contributed by atoms with Crippen LogP contribution in [0, 0.1) is 20.8 Å². The minimum atomic E-state index is -4.66. The Balaban J connectivity index is 1.91. The lowest BCUT2D eigenvalue weighted by molar-refractivity contribution is -0.144. The number of aryl methyl sites for hydroxylation is 3. The molecule has 3 heterocycles. The molecule has 0 bridgehead atoms. The van der Waals surface area contributed by atoms with E-state index in [1.54, 1.807) is 32.2 Å². The first-order valence-corrected chi connectivity index (χ1v) is 7.67. The van der Waals surface area contributed by atoms with E-state index < -0.39 is 12.0 Å². The summed E-state index contributed by atoms with van der Waals surface area (Å²) >= 11 is 0. The van der Waals surface area contributed by atoms with Gasteiger partial charge >= 0.3 is 6.18 Å². The van der Waals surface area contributed by atoms with E-state index in [1.165, 1.54) is 0 Å². The van der Waals surface area contributed by atoms with Crippen molar-refractivity contribution in [3.63, 3.8) is 0 Å². The maximum absolute atomic E-state index is 12.8. The van der Waals surface area contributed by atoms with E-state index in [0.717, 1.165) is 10.1 Å². The standard InChI is InChI=1S/C16H15F3N6O/c1-8-4-5-20-12(6-8)22-13(26)7-11-9(2)21-15-23-14(16(17,18)19)24-25(15)10(11)3/h4-6H,7H2,1-3H3,(H,20,22,26). The third kappa shape index (κ3) is 3.48. The summed E-state index contributed by atoms with van der Waals surface area (Å²) in [5.41, 5.74) is 2.22. The van der Waals surface area contributed by atoms with Crippen molar-refractivity contribution >= 4 is 17.5 Å². The second kappa shape index (κ2) is 6.36. The molecule has 1 N–H and O–H groups in total. The predicted molar refractivity (Wildman–Crippen MR) is 86.6 cm³/mol. The number of alkyl halides is 3. The number of pyridine rings is 1. The highest BCUT2D eigenvalue weighted by molar-refractivity contribution is 5.91. The van der Waals surface area contributed by atoms with Gasteiger partial charge in [0.1, 0.15) is 5.82 Å². The lowest BCUT2D eigenvalue weighted by Crippen LogP contribution is -2.18. The van der Waals surface area contributed by atoms with Gasteiger partial charge in [-0.2, -0.15) is 18.2 Å². The van der Waals surface area contributed by atoms with E-state index in [0.29, 0.717) is 22.8 Å². The maximum Gasteiger partial charge on any atom is 0.453 e. The number of amides is 1. The first kappa shape index (κ1) is 17.8. The Labute approximate surface area is 146 Å². The fourth-order valence-corrected chi connectivity index (χ4v) is 2.54. The minimum absolute atomic E-state index is 0.0720. The van der Waals surface area contributed by atoms with E-state index in [-0.39, 0.29) is 18.1 Å². The van der Waals surface area contributed by atoms with Crippen molar-refractivity contribution in [2.45, 2.75) is 33.4 Å².